The Morgan fingerprint density at radius 2 is 2.00 bits per heavy atom. The molecule has 3 rings (SSSR count). The van der Waals surface area contributed by atoms with E-state index in [1.807, 2.05) is 0 Å². The lowest BCUT2D eigenvalue weighted by atomic mass is 10.0. The summed E-state index contributed by atoms with van der Waals surface area (Å²) in [5, 5.41) is 2.76. The monoisotopic (exact) mass is 276 g/mol. The van der Waals surface area contributed by atoms with Crippen LogP contribution in [-0.2, 0) is 9.59 Å². The first-order valence-corrected chi connectivity index (χ1v) is 6.89. The van der Waals surface area contributed by atoms with Crippen LogP contribution in [0.1, 0.15) is 25.3 Å². The molecule has 2 amide bonds. The van der Waals surface area contributed by atoms with E-state index in [0.29, 0.717) is 5.56 Å². The second-order valence-electron chi connectivity index (χ2n) is 5.61. The molecule has 0 spiro atoms. The van der Waals surface area contributed by atoms with E-state index in [2.05, 4.69) is 5.32 Å². The zero-order valence-electron chi connectivity index (χ0n) is 11.5. The average Bonchev–Trinajstić information content (AvgIpc) is 3.21. The molecule has 1 aliphatic carbocycles. The summed E-state index contributed by atoms with van der Waals surface area (Å²) < 4.78 is 14.1. The molecule has 1 aliphatic heterocycles. The molecule has 4 nitrogen and oxygen atoms in total. The van der Waals surface area contributed by atoms with Crippen LogP contribution in [0, 0.1) is 18.7 Å². The third kappa shape index (κ3) is 1.97. The van der Waals surface area contributed by atoms with Crippen molar-refractivity contribution < 1.29 is 14.0 Å². The van der Waals surface area contributed by atoms with Crippen molar-refractivity contribution in [2.24, 2.45) is 5.92 Å². The van der Waals surface area contributed by atoms with Gasteiger partial charge in [-0.05, 0) is 44.2 Å². The summed E-state index contributed by atoms with van der Waals surface area (Å²) in [7, 11) is 0. The molecule has 1 aromatic rings. The molecule has 2 aliphatic rings. The van der Waals surface area contributed by atoms with Gasteiger partial charge in [-0.15, -0.1) is 0 Å². The van der Waals surface area contributed by atoms with Gasteiger partial charge in [0.1, 0.15) is 17.9 Å². The predicted octanol–water partition coefficient (Wildman–Crippen LogP) is 1.76. The molecule has 0 radical (unpaired) electrons. The van der Waals surface area contributed by atoms with Crippen LogP contribution in [-0.4, -0.2) is 23.9 Å². The SMILES string of the molecule is Cc1cccc(F)c1N1C(=O)C(C2CC2)NC(=O)C1C. The van der Waals surface area contributed by atoms with Crippen molar-refractivity contribution in [1.29, 1.82) is 0 Å². The Bertz CT molecular complexity index is 563. The van der Waals surface area contributed by atoms with E-state index in [9.17, 15) is 14.0 Å². The molecule has 1 aromatic carbocycles. The summed E-state index contributed by atoms with van der Waals surface area (Å²) in [6, 6.07) is 3.48. The number of hydrogen-bond acceptors (Lipinski definition) is 2. The second kappa shape index (κ2) is 4.58. The van der Waals surface area contributed by atoms with Crippen LogP contribution in [0.3, 0.4) is 0 Å². The first-order chi connectivity index (χ1) is 9.50. The molecular formula is C15H17FN2O2. The van der Waals surface area contributed by atoms with E-state index in [0.717, 1.165) is 12.8 Å². The Kier molecular flexibility index (Phi) is 3.00. The van der Waals surface area contributed by atoms with Gasteiger partial charge in [-0.1, -0.05) is 12.1 Å². The van der Waals surface area contributed by atoms with Gasteiger partial charge in [0.2, 0.25) is 5.91 Å². The number of nitrogens with zero attached hydrogens (tertiary/aromatic N) is 1. The van der Waals surface area contributed by atoms with Gasteiger partial charge in [0, 0.05) is 0 Å². The number of piperazine rings is 1. The fraction of sp³-hybridized carbons (Fsp3) is 0.467. The van der Waals surface area contributed by atoms with Gasteiger partial charge >= 0.3 is 0 Å². The van der Waals surface area contributed by atoms with Crippen LogP contribution in [0.2, 0.25) is 0 Å². The van der Waals surface area contributed by atoms with Gasteiger partial charge in [-0.2, -0.15) is 0 Å². The molecule has 1 saturated heterocycles. The molecule has 1 heterocycles. The Morgan fingerprint density at radius 1 is 1.30 bits per heavy atom. The minimum atomic E-state index is -0.687. The van der Waals surface area contributed by atoms with Crippen molar-refractivity contribution in [1.82, 2.24) is 5.32 Å². The summed E-state index contributed by atoms with van der Waals surface area (Å²) in [4.78, 5) is 26.0. The normalized spacial score (nSPS) is 26.6. The van der Waals surface area contributed by atoms with Crippen LogP contribution < -0.4 is 10.2 Å². The summed E-state index contributed by atoms with van der Waals surface area (Å²) in [5.74, 6) is -0.681. The molecule has 20 heavy (non-hydrogen) atoms. The first kappa shape index (κ1) is 13.1. The number of anilines is 1. The Hall–Kier alpha value is -1.91. The maximum Gasteiger partial charge on any atom is 0.250 e. The van der Waals surface area contributed by atoms with Crippen molar-refractivity contribution in [2.45, 2.75) is 38.8 Å². The zero-order chi connectivity index (χ0) is 14.4. The number of rotatable bonds is 2. The van der Waals surface area contributed by atoms with E-state index in [-0.39, 0.29) is 23.4 Å². The lowest BCUT2D eigenvalue weighted by Gasteiger charge is -2.38. The lowest BCUT2D eigenvalue weighted by Crippen LogP contribution is -2.63. The number of hydrogen-bond donors (Lipinski definition) is 1. The average molecular weight is 276 g/mol. The third-order valence-electron chi connectivity index (χ3n) is 4.09. The van der Waals surface area contributed by atoms with Gasteiger partial charge in [0.15, 0.2) is 0 Å². The first-order valence-electron chi connectivity index (χ1n) is 6.89. The summed E-state index contributed by atoms with van der Waals surface area (Å²) in [5.41, 5.74) is 0.889. The fourth-order valence-corrected chi connectivity index (χ4v) is 2.77. The molecule has 1 N–H and O–H groups in total. The maximum atomic E-state index is 14.1. The summed E-state index contributed by atoms with van der Waals surface area (Å²) in [6.07, 6.45) is 1.88. The standard InChI is InChI=1S/C15H17FN2O2/c1-8-4-3-5-11(16)13(8)18-9(2)14(19)17-12(15(18)20)10-6-7-10/h3-5,9-10,12H,6-7H2,1-2H3,(H,17,19). The number of amides is 2. The highest BCUT2D eigenvalue weighted by molar-refractivity contribution is 6.08. The van der Waals surface area contributed by atoms with E-state index < -0.39 is 17.9 Å². The Morgan fingerprint density at radius 3 is 2.60 bits per heavy atom. The van der Waals surface area contributed by atoms with Gasteiger partial charge in [-0.3, -0.25) is 14.5 Å². The van der Waals surface area contributed by atoms with Gasteiger partial charge in [-0.25, -0.2) is 4.39 Å². The topological polar surface area (TPSA) is 49.4 Å². The van der Waals surface area contributed by atoms with Crippen LogP contribution in [0.5, 0.6) is 0 Å². The Balaban J connectivity index is 2.04. The fourth-order valence-electron chi connectivity index (χ4n) is 2.77. The number of carbonyl (C=O) groups is 2. The van der Waals surface area contributed by atoms with Crippen LogP contribution in [0.15, 0.2) is 18.2 Å². The minimum Gasteiger partial charge on any atom is -0.342 e. The quantitative estimate of drug-likeness (QED) is 0.895. The second-order valence-corrected chi connectivity index (χ2v) is 5.61. The molecule has 5 heteroatoms. The highest BCUT2D eigenvalue weighted by Crippen LogP contribution is 2.37. The van der Waals surface area contributed by atoms with Crippen molar-refractivity contribution in [3.05, 3.63) is 29.6 Å². The van der Waals surface area contributed by atoms with Crippen molar-refractivity contribution >= 4 is 17.5 Å². The molecule has 2 unspecified atom stereocenters. The summed E-state index contributed by atoms with van der Waals surface area (Å²) >= 11 is 0. The number of halogens is 1. The van der Waals surface area contributed by atoms with Crippen molar-refractivity contribution in [3.63, 3.8) is 0 Å². The molecule has 0 bridgehead atoms. The van der Waals surface area contributed by atoms with Gasteiger partial charge in [0.25, 0.3) is 5.91 Å². The van der Waals surface area contributed by atoms with Crippen LogP contribution in [0.25, 0.3) is 0 Å². The number of aryl methyl sites for hydroxylation is 1. The maximum absolute atomic E-state index is 14.1. The third-order valence-corrected chi connectivity index (χ3v) is 4.09. The van der Waals surface area contributed by atoms with Gasteiger partial charge < -0.3 is 5.32 Å². The number of nitrogens with one attached hydrogen (secondary N) is 1. The van der Waals surface area contributed by atoms with E-state index >= 15 is 0 Å². The number of para-hydroxylation sites is 1. The highest BCUT2D eigenvalue weighted by atomic mass is 19.1. The largest absolute Gasteiger partial charge is 0.342 e. The number of benzene rings is 1. The minimum absolute atomic E-state index is 0.201. The van der Waals surface area contributed by atoms with Gasteiger partial charge in [0.05, 0.1) is 5.69 Å². The predicted molar refractivity (Wildman–Crippen MR) is 72.7 cm³/mol. The lowest BCUT2D eigenvalue weighted by molar-refractivity contribution is -0.134. The summed E-state index contributed by atoms with van der Waals surface area (Å²) in [6.45, 7) is 3.37. The molecule has 106 valence electrons. The molecule has 0 aromatic heterocycles. The van der Waals surface area contributed by atoms with Crippen LogP contribution >= 0.6 is 0 Å². The van der Waals surface area contributed by atoms with E-state index in [4.69, 9.17) is 0 Å². The van der Waals surface area contributed by atoms with E-state index in [1.54, 1.807) is 26.0 Å². The van der Waals surface area contributed by atoms with Crippen LogP contribution in [0.4, 0.5) is 10.1 Å². The van der Waals surface area contributed by atoms with E-state index in [1.165, 1.54) is 11.0 Å². The molecule has 2 atom stereocenters. The smallest absolute Gasteiger partial charge is 0.250 e. The van der Waals surface area contributed by atoms with Crippen molar-refractivity contribution in [3.8, 4) is 0 Å². The number of carbonyl (C=O) groups excluding carboxylic acids is 2. The molecule has 1 saturated carbocycles. The van der Waals surface area contributed by atoms with Crippen molar-refractivity contribution in [2.75, 3.05) is 4.90 Å². The molecule has 2 fully saturated rings. The zero-order valence-corrected chi connectivity index (χ0v) is 11.5. The Labute approximate surface area is 117 Å². The highest BCUT2D eigenvalue weighted by Gasteiger charge is 2.46. The molecular weight excluding hydrogens is 259 g/mol.